The van der Waals surface area contributed by atoms with Crippen molar-refractivity contribution >= 4 is 29.1 Å². The van der Waals surface area contributed by atoms with E-state index in [9.17, 15) is 5.11 Å². The van der Waals surface area contributed by atoms with Crippen LogP contribution in [-0.2, 0) is 0 Å². The van der Waals surface area contributed by atoms with Gasteiger partial charge in [-0.25, -0.2) is 4.98 Å². The van der Waals surface area contributed by atoms with Crippen LogP contribution in [0.5, 0.6) is 0 Å². The molecule has 29 heavy (non-hydrogen) atoms. The average Bonchev–Trinajstić information content (AvgIpc) is 2.72. The number of nitrogens with zero attached hydrogens (tertiary/aromatic N) is 3. The van der Waals surface area contributed by atoms with Crippen LogP contribution in [-0.4, -0.2) is 32.7 Å². The standard InChI is InChI=1S/C22H26ClN5O/c1-13(2)19(12-29)26-22-25-18(16-6-5-9-24-11-16)10-20(28-22)27-21-14(3)7-8-17(23)15(21)4/h5-11,13,19,29H,12H2,1-4H3,(H2,25,26,27,28)/t19-/m0/s1. The molecule has 2 aromatic heterocycles. The van der Waals surface area contributed by atoms with Gasteiger partial charge in [-0.05, 0) is 49.1 Å². The van der Waals surface area contributed by atoms with Crippen molar-refractivity contribution in [2.75, 3.05) is 17.2 Å². The molecule has 0 unspecified atom stereocenters. The molecule has 2 heterocycles. The Morgan fingerprint density at radius 2 is 1.93 bits per heavy atom. The number of nitrogens with one attached hydrogen (secondary N) is 2. The minimum Gasteiger partial charge on any atom is -0.394 e. The number of halogens is 1. The van der Waals surface area contributed by atoms with Crippen molar-refractivity contribution in [1.29, 1.82) is 0 Å². The van der Waals surface area contributed by atoms with Crippen LogP contribution in [0.4, 0.5) is 17.5 Å². The number of aliphatic hydroxyl groups is 1. The Morgan fingerprint density at radius 3 is 2.59 bits per heavy atom. The van der Waals surface area contributed by atoms with Gasteiger partial charge < -0.3 is 15.7 Å². The van der Waals surface area contributed by atoms with Crippen LogP contribution >= 0.6 is 11.6 Å². The molecule has 0 radical (unpaired) electrons. The van der Waals surface area contributed by atoms with Gasteiger partial charge in [0, 0.05) is 34.7 Å². The minimum absolute atomic E-state index is 0.00653. The summed E-state index contributed by atoms with van der Waals surface area (Å²) in [6, 6.07) is 9.41. The molecule has 0 aliphatic rings. The van der Waals surface area contributed by atoms with E-state index in [0.29, 0.717) is 16.8 Å². The number of hydrogen-bond donors (Lipinski definition) is 3. The van der Waals surface area contributed by atoms with Gasteiger partial charge in [-0.1, -0.05) is 31.5 Å². The molecule has 3 N–H and O–H groups in total. The van der Waals surface area contributed by atoms with E-state index in [0.717, 1.165) is 28.1 Å². The van der Waals surface area contributed by atoms with Crippen LogP contribution in [0, 0.1) is 19.8 Å². The van der Waals surface area contributed by atoms with Gasteiger partial charge in [0.15, 0.2) is 0 Å². The molecule has 0 fully saturated rings. The van der Waals surface area contributed by atoms with Gasteiger partial charge in [-0.2, -0.15) is 4.98 Å². The van der Waals surface area contributed by atoms with Gasteiger partial charge in [-0.3, -0.25) is 4.98 Å². The second-order valence-electron chi connectivity index (χ2n) is 7.37. The third kappa shape index (κ3) is 5.02. The van der Waals surface area contributed by atoms with Gasteiger partial charge in [0.25, 0.3) is 0 Å². The summed E-state index contributed by atoms with van der Waals surface area (Å²) < 4.78 is 0. The molecule has 0 aliphatic carbocycles. The molecule has 0 bridgehead atoms. The zero-order valence-corrected chi connectivity index (χ0v) is 17.8. The number of aliphatic hydroxyl groups excluding tert-OH is 1. The van der Waals surface area contributed by atoms with Crippen LogP contribution in [0.3, 0.4) is 0 Å². The van der Waals surface area contributed by atoms with Crippen LogP contribution in [0.25, 0.3) is 11.3 Å². The third-order valence-electron chi connectivity index (χ3n) is 4.86. The van der Waals surface area contributed by atoms with Crippen molar-refractivity contribution in [2.45, 2.75) is 33.7 Å². The number of hydrogen-bond acceptors (Lipinski definition) is 6. The number of rotatable bonds is 7. The lowest BCUT2D eigenvalue weighted by molar-refractivity contribution is 0.248. The van der Waals surface area contributed by atoms with Crippen molar-refractivity contribution in [2.24, 2.45) is 5.92 Å². The maximum absolute atomic E-state index is 9.69. The lowest BCUT2D eigenvalue weighted by Gasteiger charge is -2.21. The Labute approximate surface area is 176 Å². The second kappa shape index (κ2) is 9.20. The van der Waals surface area contributed by atoms with Crippen molar-refractivity contribution in [3.63, 3.8) is 0 Å². The highest BCUT2D eigenvalue weighted by atomic mass is 35.5. The number of aromatic nitrogens is 3. The van der Waals surface area contributed by atoms with Crippen LogP contribution in [0.2, 0.25) is 5.02 Å². The molecular formula is C22H26ClN5O. The van der Waals surface area contributed by atoms with E-state index in [2.05, 4.69) is 25.6 Å². The Hall–Kier alpha value is -2.70. The second-order valence-corrected chi connectivity index (χ2v) is 7.78. The van der Waals surface area contributed by atoms with E-state index in [1.165, 1.54) is 0 Å². The fraction of sp³-hybridized carbons (Fsp3) is 0.318. The molecule has 1 aromatic carbocycles. The van der Waals surface area contributed by atoms with Gasteiger partial charge >= 0.3 is 0 Å². The Morgan fingerprint density at radius 1 is 1.14 bits per heavy atom. The zero-order valence-electron chi connectivity index (χ0n) is 17.1. The molecule has 3 rings (SSSR count). The third-order valence-corrected chi connectivity index (χ3v) is 5.27. The van der Waals surface area contributed by atoms with Gasteiger partial charge in [0.1, 0.15) is 5.82 Å². The number of benzene rings is 1. The first-order chi connectivity index (χ1) is 13.9. The molecule has 0 saturated heterocycles. The molecule has 0 spiro atoms. The summed E-state index contributed by atoms with van der Waals surface area (Å²) in [6.07, 6.45) is 3.49. The highest BCUT2D eigenvalue weighted by Gasteiger charge is 2.16. The molecule has 3 aromatic rings. The fourth-order valence-corrected chi connectivity index (χ4v) is 3.13. The first-order valence-electron chi connectivity index (χ1n) is 9.58. The van der Waals surface area contributed by atoms with E-state index in [1.807, 2.05) is 58.0 Å². The van der Waals surface area contributed by atoms with E-state index < -0.39 is 0 Å². The molecular weight excluding hydrogens is 386 g/mol. The Kier molecular flexibility index (Phi) is 6.67. The first-order valence-corrected chi connectivity index (χ1v) is 9.96. The summed E-state index contributed by atoms with van der Waals surface area (Å²) in [7, 11) is 0. The number of anilines is 3. The molecule has 1 atom stereocenters. The van der Waals surface area contributed by atoms with Crippen molar-refractivity contribution in [1.82, 2.24) is 15.0 Å². The Bertz CT molecular complexity index is 978. The van der Waals surface area contributed by atoms with Gasteiger partial charge in [0.05, 0.1) is 18.3 Å². The quantitative estimate of drug-likeness (QED) is 0.508. The average molecular weight is 412 g/mol. The summed E-state index contributed by atoms with van der Waals surface area (Å²) in [5, 5.41) is 17.0. The summed E-state index contributed by atoms with van der Waals surface area (Å²) >= 11 is 6.31. The van der Waals surface area contributed by atoms with E-state index in [1.54, 1.807) is 12.4 Å². The van der Waals surface area contributed by atoms with E-state index in [-0.39, 0.29) is 18.6 Å². The maximum Gasteiger partial charge on any atom is 0.225 e. The molecule has 152 valence electrons. The summed E-state index contributed by atoms with van der Waals surface area (Å²) in [5.41, 5.74) is 4.56. The molecule has 0 saturated carbocycles. The topological polar surface area (TPSA) is 83.0 Å². The summed E-state index contributed by atoms with van der Waals surface area (Å²) in [6.45, 7) is 8.07. The zero-order chi connectivity index (χ0) is 21.0. The molecule has 0 aliphatic heterocycles. The molecule has 7 heteroatoms. The largest absolute Gasteiger partial charge is 0.394 e. The van der Waals surface area contributed by atoms with Crippen molar-refractivity contribution in [3.8, 4) is 11.3 Å². The van der Waals surface area contributed by atoms with Crippen molar-refractivity contribution < 1.29 is 5.11 Å². The predicted molar refractivity (Wildman–Crippen MR) is 119 cm³/mol. The predicted octanol–water partition coefficient (Wildman–Crippen LogP) is 4.98. The Balaban J connectivity index is 2.04. The van der Waals surface area contributed by atoms with Gasteiger partial charge in [0.2, 0.25) is 5.95 Å². The minimum atomic E-state index is -0.151. The van der Waals surface area contributed by atoms with E-state index >= 15 is 0 Å². The SMILES string of the molecule is Cc1ccc(Cl)c(C)c1Nc1cc(-c2cccnc2)nc(N[C@@H](CO)C(C)C)n1. The van der Waals surface area contributed by atoms with Gasteiger partial charge in [-0.15, -0.1) is 0 Å². The highest BCUT2D eigenvalue weighted by molar-refractivity contribution is 6.31. The normalized spacial score (nSPS) is 12.1. The van der Waals surface area contributed by atoms with Crippen LogP contribution in [0.15, 0.2) is 42.7 Å². The van der Waals surface area contributed by atoms with Crippen LogP contribution in [0.1, 0.15) is 25.0 Å². The molecule has 0 amide bonds. The van der Waals surface area contributed by atoms with Crippen molar-refractivity contribution in [3.05, 3.63) is 58.9 Å². The lowest BCUT2D eigenvalue weighted by atomic mass is 10.1. The molecule has 6 nitrogen and oxygen atoms in total. The lowest BCUT2D eigenvalue weighted by Crippen LogP contribution is -2.30. The monoisotopic (exact) mass is 411 g/mol. The maximum atomic E-state index is 9.69. The summed E-state index contributed by atoms with van der Waals surface area (Å²) in [5.74, 6) is 1.30. The fourth-order valence-electron chi connectivity index (χ4n) is 2.97. The smallest absolute Gasteiger partial charge is 0.225 e. The summed E-state index contributed by atoms with van der Waals surface area (Å²) in [4.78, 5) is 13.5. The number of pyridine rings is 1. The first kappa shape index (κ1) is 21.0. The highest BCUT2D eigenvalue weighted by Crippen LogP contribution is 2.31. The number of aryl methyl sites for hydroxylation is 1. The van der Waals surface area contributed by atoms with E-state index in [4.69, 9.17) is 11.6 Å². The van der Waals surface area contributed by atoms with Crippen LogP contribution < -0.4 is 10.6 Å².